The molecule has 0 N–H and O–H groups in total. The molecular formula is C15H20N2O5S. The zero-order valence-electron chi connectivity index (χ0n) is 13.0. The smallest absolute Gasteiger partial charge is 0.282 e. The first kappa shape index (κ1) is 17.4. The number of para-hydroxylation sites is 1. The lowest BCUT2D eigenvalue weighted by molar-refractivity contribution is -0.385. The lowest BCUT2D eigenvalue weighted by Gasteiger charge is -2.28. The Morgan fingerprint density at radius 2 is 2.09 bits per heavy atom. The highest BCUT2D eigenvalue weighted by molar-refractivity contribution is 7.91. The van der Waals surface area contributed by atoms with Gasteiger partial charge < -0.3 is 4.90 Å². The van der Waals surface area contributed by atoms with Crippen LogP contribution in [0.3, 0.4) is 0 Å². The van der Waals surface area contributed by atoms with Gasteiger partial charge in [-0.25, -0.2) is 8.42 Å². The van der Waals surface area contributed by atoms with E-state index in [9.17, 15) is 23.3 Å². The van der Waals surface area contributed by atoms with Gasteiger partial charge in [0.05, 0.1) is 16.4 Å². The van der Waals surface area contributed by atoms with Crippen LogP contribution in [0.2, 0.25) is 0 Å². The molecule has 0 aromatic heterocycles. The second-order valence-electron chi connectivity index (χ2n) is 5.68. The third-order valence-electron chi connectivity index (χ3n) is 3.99. The van der Waals surface area contributed by atoms with Crippen molar-refractivity contribution in [3.05, 3.63) is 39.9 Å². The Hall–Kier alpha value is -1.96. The maximum absolute atomic E-state index is 12.8. The first-order valence-electron chi connectivity index (χ1n) is 7.60. The second kappa shape index (κ2) is 7.08. The van der Waals surface area contributed by atoms with Crippen molar-refractivity contribution in [1.82, 2.24) is 4.90 Å². The quantitative estimate of drug-likeness (QED) is 0.583. The van der Waals surface area contributed by atoms with Gasteiger partial charge in [-0.15, -0.1) is 0 Å². The fourth-order valence-corrected chi connectivity index (χ4v) is 4.50. The van der Waals surface area contributed by atoms with Gasteiger partial charge >= 0.3 is 0 Å². The molecule has 1 aromatic rings. The van der Waals surface area contributed by atoms with Gasteiger partial charge in [0.15, 0.2) is 9.84 Å². The van der Waals surface area contributed by atoms with Crippen molar-refractivity contribution in [1.29, 1.82) is 0 Å². The maximum atomic E-state index is 12.8. The Morgan fingerprint density at radius 1 is 1.39 bits per heavy atom. The topological polar surface area (TPSA) is 97.6 Å². The van der Waals surface area contributed by atoms with Crippen LogP contribution in [0.5, 0.6) is 0 Å². The summed E-state index contributed by atoms with van der Waals surface area (Å²) >= 11 is 0. The van der Waals surface area contributed by atoms with E-state index in [4.69, 9.17) is 0 Å². The zero-order valence-corrected chi connectivity index (χ0v) is 13.8. The molecule has 1 aliphatic heterocycles. The number of hydrogen-bond donors (Lipinski definition) is 0. The molecule has 0 bridgehead atoms. The molecule has 23 heavy (non-hydrogen) atoms. The van der Waals surface area contributed by atoms with Crippen LogP contribution >= 0.6 is 0 Å². The number of carbonyl (C=O) groups is 1. The summed E-state index contributed by atoms with van der Waals surface area (Å²) in [4.78, 5) is 24.8. The molecule has 7 nitrogen and oxygen atoms in total. The molecule has 2 rings (SSSR count). The van der Waals surface area contributed by atoms with Crippen LogP contribution in [0, 0.1) is 10.1 Å². The minimum atomic E-state index is -3.14. The summed E-state index contributed by atoms with van der Waals surface area (Å²) in [5.41, 5.74) is -0.238. The Labute approximate surface area is 135 Å². The maximum Gasteiger partial charge on any atom is 0.282 e. The predicted molar refractivity (Wildman–Crippen MR) is 86.1 cm³/mol. The summed E-state index contributed by atoms with van der Waals surface area (Å²) in [6.45, 7) is 2.38. The lowest BCUT2D eigenvalue weighted by Crippen LogP contribution is -2.42. The molecule has 0 aliphatic carbocycles. The Kier molecular flexibility index (Phi) is 5.35. The molecule has 0 saturated carbocycles. The van der Waals surface area contributed by atoms with Crippen molar-refractivity contribution in [2.45, 2.75) is 32.2 Å². The summed E-state index contributed by atoms with van der Waals surface area (Å²) in [5.74, 6) is -0.471. The van der Waals surface area contributed by atoms with E-state index >= 15 is 0 Å². The first-order chi connectivity index (χ1) is 10.9. The van der Waals surface area contributed by atoms with Crippen molar-refractivity contribution >= 4 is 21.4 Å². The highest BCUT2D eigenvalue weighted by Crippen LogP contribution is 2.24. The molecular weight excluding hydrogens is 320 g/mol. The highest BCUT2D eigenvalue weighted by Gasteiger charge is 2.36. The number of hydrogen-bond acceptors (Lipinski definition) is 5. The van der Waals surface area contributed by atoms with Crippen LogP contribution in [0.1, 0.15) is 36.5 Å². The van der Waals surface area contributed by atoms with Crippen LogP contribution in [0.15, 0.2) is 24.3 Å². The standard InChI is InChI=1S/C15H20N2O5S/c1-2-3-9-16(12-8-10-23(21,22)11-12)15(18)13-6-4-5-7-14(13)17(19)20/h4-7,12H,2-3,8-11H2,1H3. The summed E-state index contributed by atoms with van der Waals surface area (Å²) in [6.07, 6.45) is 1.96. The predicted octanol–water partition coefficient (Wildman–Crippen LogP) is 2.02. The van der Waals surface area contributed by atoms with Gasteiger partial charge in [-0.2, -0.15) is 0 Å². The third kappa shape index (κ3) is 4.07. The van der Waals surface area contributed by atoms with E-state index in [2.05, 4.69) is 0 Å². The molecule has 1 heterocycles. The Bertz CT molecular complexity index is 702. The average Bonchev–Trinajstić information content (AvgIpc) is 2.87. The third-order valence-corrected chi connectivity index (χ3v) is 5.74. The summed E-state index contributed by atoms with van der Waals surface area (Å²) in [7, 11) is -3.14. The van der Waals surface area contributed by atoms with Crippen LogP contribution in [-0.2, 0) is 9.84 Å². The monoisotopic (exact) mass is 340 g/mol. The van der Waals surface area contributed by atoms with E-state index in [0.29, 0.717) is 13.0 Å². The Balaban J connectivity index is 2.32. The van der Waals surface area contributed by atoms with Crippen LogP contribution in [0.4, 0.5) is 5.69 Å². The number of carbonyl (C=O) groups excluding carboxylic acids is 1. The first-order valence-corrected chi connectivity index (χ1v) is 9.42. The largest absolute Gasteiger partial charge is 0.334 e. The normalized spacial score (nSPS) is 19.4. The number of unbranched alkanes of at least 4 members (excludes halogenated alkanes) is 1. The lowest BCUT2D eigenvalue weighted by atomic mass is 10.1. The molecule has 1 aromatic carbocycles. The van der Waals surface area contributed by atoms with Crippen LogP contribution in [-0.4, -0.2) is 48.2 Å². The van der Waals surface area contributed by atoms with Gasteiger partial charge in [0.25, 0.3) is 11.6 Å². The summed E-state index contributed by atoms with van der Waals surface area (Å²) < 4.78 is 23.4. The van der Waals surface area contributed by atoms with Crippen LogP contribution in [0.25, 0.3) is 0 Å². The molecule has 1 saturated heterocycles. The summed E-state index contributed by atoms with van der Waals surface area (Å²) in [6, 6.07) is 5.38. The van der Waals surface area contributed by atoms with Crippen LogP contribution < -0.4 is 0 Å². The van der Waals surface area contributed by atoms with Crippen molar-refractivity contribution < 1.29 is 18.1 Å². The number of nitrogens with zero attached hydrogens (tertiary/aromatic N) is 2. The van der Waals surface area contributed by atoms with Crippen molar-refractivity contribution in [3.63, 3.8) is 0 Å². The van der Waals surface area contributed by atoms with E-state index in [-0.39, 0.29) is 22.8 Å². The van der Waals surface area contributed by atoms with Gasteiger partial charge in [0.1, 0.15) is 5.56 Å². The fourth-order valence-electron chi connectivity index (χ4n) is 2.77. The van der Waals surface area contributed by atoms with Crippen molar-refractivity contribution in [3.8, 4) is 0 Å². The minimum absolute atomic E-state index is 0.0119. The van der Waals surface area contributed by atoms with Gasteiger partial charge in [-0.1, -0.05) is 25.5 Å². The average molecular weight is 340 g/mol. The molecule has 0 spiro atoms. The SMILES string of the molecule is CCCCN(C(=O)c1ccccc1[N+](=O)[O-])C1CCS(=O)(=O)C1. The van der Waals surface area contributed by atoms with E-state index in [1.807, 2.05) is 6.92 Å². The molecule has 0 radical (unpaired) electrons. The van der Waals surface area contributed by atoms with E-state index < -0.39 is 26.7 Å². The minimum Gasteiger partial charge on any atom is -0.334 e. The van der Waals surface area contributed by atoms with Gasteiger partial charge in [0, 0.05) is 18.7 Å². The Morgan fingerprint density at radius 3 is 2.65 bits per heavy atom. The summed E-state index contributed by atoms with van der Waals surface area (Å²) in [5, 5.41) is 11.1. The zero-order chi connectivity index (χ0) is 17.0. The van der Waals surface area contributed by atoms with Gasteiger partial charge in [-0.05, 0) is 18.9 Å². The van der Waals surface area contributed by atoms with Gasteiger partial charge in [-0.3, -0.25) is 14.9 Å². The van der Waals surface area contributed by atoms with E-state index in [1.165, 1.54) is 23.1 Å². The fraction of sp³-hybridized carbons (Fsp3) is 0.533. The number of nitro groups is 1. The highest BCUT2D eigenvalue weighted by atomic mass is 32.2. The number of nitro benzene ring substituents is 1. The van der Waals surface area contributed by atoms with Gasteiger partial charge in [0.2, 0.25) is 0 Å². The number of amides is 1. The van der Waals surface area contributed by atoms with Crippen molar-refractivity contribution in [2.75, 3.05) is 18.1 Å². The molecule has 1 aliphatic rings. The number of benzene rings is 1. The molecule has 1 atom stereocenters. The van der Waals surface area contributed by atoms with Crippen molar-refractivity contribution in [2.24, 2.45) is 0 Å². The molecule has 126 valence electrons. The van der Waals surface area contributed by atoms with E-state index in [1.54, 1.807) is 6.07 Å². The molecule has 1 fully saturated rings. The molecule has 8 heteroatoms. The molecule has 1 unspecified atom stereocenters. The second-order valence-corrected chi connectivity index (χ2v) is 7.91. The number of rotatable bonds is 6. The van der Waals surface area contributed by atoms with E-state index in [0.717, 1.165) is 12.8 Å². The molecule has 1 amide bonds. The number of sulfone groups is 1.